The number of sulfone groups is 1. The van der Waals surface area contributed by atoms with E-state index in [-0.39, 0.29) is 16.0 Å². The molecule has 176 valence electrons. The van der Waals surface area contributed by atoms with Crippen molar-refractivity contribution in [1.29, 1.82) is 0 Å². The number of esters is 1. The second-order valence-electron chi connectivity index (χ2n) is 10.8. The van der Waals surface area contributed by atoms with E-state index >= 15 is 0 Å². The van der Waals surface area contributed by atoms with E-state index in [1.54, 1.807) is 37.5 Å². The Balaban J connectivity index is 1.53. The SMILES string of the molecule is Cc1ccccc1S(=O)(=O)c1nc2cnc3[nH]ccc3c2n1C12CC(C(=O)OC(C)(C)C)(C1)C2. The van der Waals surface area contributed by atoms with Crippen LogP contribution < -0.4 is 0 Å². The number of imidazole rings is 1. The molecule has 3 saturated carbocycles. The van der Waals surface area contributed by atoms with Gasteiger partial charge in [0.2, 0.25) is 15.0 Å². The molecule has 0 unspecified atom stereocenters. The van der Waals surface area contributed by atoms with Crippen LogP contribution >= 0.6 is 0 Å². The van der Waals surface area contributed by atoms with Gasteiger partial charge in [-0.2, -0.15) is 0 Å². The number of H-pyrrole nitrogens is 1. The van der Waals surface area contributed by atoms with Gasteiger partial charge in [0, 0.05) is 11.6 Å². The van der Waals surface area contributed by atoms with Gasteiger partial charge in [0.15, 0.2) is 0 Å². The maximum absolute atomic E-state index is 13.9. The van der Waals surface area contributed by atoms with Gasteiger partial charge in [0.25, 0.3) is 0 Å². The van der Waals surface area contributed by atoms with Crippen molar-refractivity contribution in [2.24, 2.45) is 5.41 Å². The molecule has 0 saturated heterocycles. The zero-order valence-corrected chi connectivity index (χ0v) is 20.4. The molecule has 2 bridgehead atoms. The molecule has 4 aromatic rings. The Hall–Kier alpha value is -3.20. The topological polar surface area (TPSA) is 107 Å². The van der Waals surface area contributed by atoms with Gasteiger partial charge in [-0.25, -0.2) is 18.4 Å². The van der Waals surface area contributed by atoms with Crippen molar-refractivity contribution in [3.63, 3.8) is 0 Å². The molecule has 1 N–H and O–H groups in total. The summed E-state index contributed by atoms with van der Waals surface area (Å²) < 4.78 is 35.4. The summed E-state index contributed by atoms with van der Waals surface area (Å²) in [5.41, 5.74) is 0.964. The van der Waals surface area contributed by atoms with Crippen LogP contribution in [0, 0.1) is 12.3 Å². The highest BCUT2D eigenvalue weighted by Crippen LogP contribution is 2.73. The number of nitrogens with zero attached hydrogens (tertiary/aromatic N) is 3. The van der Waals surface area contributed by atoms with Crippen molar-refractivity contribution < 1.29 is 17.9 Å². The number of ether oxygens (including phenoxy) is 1. The van der Waals surface area contributed by atoms with Gasteiger partial charge in [-0.05, 0) is 64.7 Å². The molecule has 3 aliphatic carbocycles. The summed E-state index contributed by atoms with van der Waals surface area (Å²) in [6.45, 7) is 7.36. The Labute approximate surface area is 197 Å². The lowest BCUT2D eigenvalue weighted by Gasteiger charge is -2.69. The Kier molecular flexibility index (Phi) is 4.06. The number of carbonyl (C=O) groups is 1. The van der Waals surface area contributed by atoms with Crippen LogP contribution in [0.3, 0.4) is 0 Å². The van der Waals surface area contributed by atoms with E-state index in [0.29, 0.717) is 36.0 Å². The predicted octanol–water partition coefficient (Wildman–Crippen LogP) is 4.27. The van der Waals surface area contributed by atoms with Gasteiger partial charge >= 0.3 is 5.97 Å². The molecule has 1 aromatic carbocycles. The smallest absolute Gasteiger partial charge is 0.312 e. The van der Waals surface area contributed by atoms with Crippen molar-refractivity contribution >= 4 is 37.9 Å². The highest BCUT2D eigenvalue weighted by Gasteiger charge is 2.74. The zero-order chi connectivity index (χ0) is 24.1. The van der Waals surface area contributed by atoms with Gasteiger partial charge in [-0.3, -0.25) is 4.79 Å². The van der Waals surface area contributed by atoms with Crippen molar-refractivity contribution in [2.75, 3.05) is 0 Å². The molecular formula is C25H26N4O4S. The Morgan fingerprint density at radius 2 is 1.85 bits per heavy atom. The number of aromatic nitrogens is 4. The second-order valence-corrected chi connectivity index (χ2v) is 12.6. The minimum atomic E-state index is -3.92. The molecule has 9 heteroatoms. The van der Waals surface area contributed by atoms with Crippen LogP contribution in [0.25, 0.3) is 22.1 Å². The normalized spacial score (nSPS) is 24.1. The molecule has 7 rings (SSSR count). The first-order valence-corrected chi connectivity index (χ1v) is 12.8. The summed E-state index contributed by atoms with van der Waals surface area (Å²) in [5.74, 6) is -0.205. The van der Waals surface area contributed by atoms with Crippen LogP contribution in [0.1, 0.15) is 45.6 Å². The van der Waals surface area contributed by atoms with Gasteiger partial charge in [0.1, 0.15) is 16.8 Å². The Bertz CT molecular complexity index is 1590. The van der Waals surface area contributed by atoms with Gasteiger partial charge in [0.05, 0.1) is 27.6 Å². The van der Waals surface area contributed by atoms with E-state index in [9.17, 15) is 13.2 Å². The minimum absolute atomic E-state index is 0.00443. The van der Waals surface area contributed by atoms with Crippen LogP contribution in [0.15, 0.2) is 52.8 Å². The number of benzene rings is 1. The zero-order valence-electron chi connectivity index (χ0n) is 19.5. The van der Waals surface area contributed by atoms with Crippen molar-refractivity contribution in [3.05, 3.63) is 48.3 Å². The first-order chi connectivity index (χ1) is 16.0. The van der Waals surface area contributed by atoms with Crippen molar-refractivity contribution in [3.8, 4) is 0 Å². The lowest BCUT2D eigenvalue weighted by Crippen LogP contribution is -2.71. The Morgan fingerprint density at radius 1 is 1.15 bits per heavy atom. The minimum Gasteiger partial charge on any atom is -0.460 e. The van der Waals surface area contributed by atoms with Crippen LogP contribution in [0.5, 0.6) is 0 Å². The number of aromatic amines is 1. The third kappa shape index (κ3) is 2.76. The standard InChI is InChI=1S/C25H26N4O4S/c1-15-7-5-6-8-18(15)34(31,32)22-28-17-11-27-20-16(9-10-26-20)19(17)29(22)25-12-24(13-25,14-25)21(30)33-23(2,3)4/h5-11H,12-14H2,1-4H3,(H,26,27). The number of aryl methyl sites for hydroxylation is 1. The van der Waals surface area contributed by atoms with E-state index in [1.807, 2.05) is 37.5 Å². The number of hydrogen-bond acceptors (Lipinski definition) is 6. The fourth-order valence-corrected chi connectivity index (χ4v) is 7.39. The number of nitrogens with one attached hydrogen (secondary N) is 1. The Morgan fingerprint density at radius 3 is 2.53 bits per heavy atom. The highest BCUT2D eigenvalue weighted by molar-refractivity contribution is 7.91. The van der Waals surface area contributed by atoms with Gasteiger partial charge in [-0.15, -0.1) is 0 Å². The molecule has 3 aliphatic rings. The molecule has 0 radical (unpaired) electrons. The molecule has 3 aromatic heterocycles. The fraction of sp³-hybridized carbons (Fsp3) is 0.400. The summed E-state index contributed by atoms with van der Waals surface area (Å²) in [4.78, 5) is 25.3. The summed E-state index contributed by atoms with van der Waals surface area (Å²) in [6.07, 6.45) is 4.99. The number of rotatable bonds is 4. The van der Waals surface area contributed by atoms with E-state index in [2.05, 4.69) is 15.0 Å². The predicted molar refractivity (Wildman–Crippen MR) is 126 cm³/mol. The fourth-order valence-electron chi connectivity index (χ4n) is 5.70. The molecule has 8 nitrogen and oxygen atoms in total. The maximum Gasteiger partial charge on any atom is 0.312 e. The molecule has 0 atom stereocenters. The largest absolute Gasteiger partial charge is 0.460 e. The number of hydrogen-bond donors (Lipinski definition) is 1. The van der Waals surface area contributed by atoms with E-state index in [1.165, 1.54) is 0 Å². The van der Waals surface area contributed by atoms with Crippen LogP contribution in [-0.4, -0.2) is 39.5 Å². The average molecular weight is 479 g/mol. The molecule has 0 spiro atoms. The molecular weight excluding hydrogens is 452 g/mol. The number of carbonyl (C=O) groups excluding carboxylic acids is 1. The lowest BCUT2D eigenvalue weighted by atomic mass is 9.39. The molecule has 34 heavy (non-hydrogen) atoms. The number of pyridine rings is 1. The van der Waals surface area contributed by atoms with Gasteiger partial charge < -0.3 is 14.3 Å². The maximum atomic E-state index is 13.9. The van der Waals surface area contributed by atoms with E-state index in [4.69, 9.17) is 4.74 Å². The molecule has 0 amide bonds. The van der Waals surface area contributed by atoms with E-state index in [0.717, 1.165) is 10.9 Å². The first-order valence-electron chi connectivity index (χ1n) is 11.4. The van der Waals surface area contributed by atoms with Gasteiger partial charge in [-0.1, -0.05) is 18.2 Å². The second kappa shape index (κ2) is 6.47. The number of fused-ring (bicyclic) bond motifs is 3. The van der Waals surface area contributed by atoms with Crippen molar-refractivity contribution in [1.82, 2.24) is 19.5 Å². The summed E-state index contributed by atoms with van der Waals surface area (Å²) in [6, 6.07) is 8.82. The molecule has 3 heterocycles. The van der Waals surface area contributed by atoms with Crippen molar-refractivity contribution in [2.45, 2.75) is 68.1 Å². The van der Waals surface area contributed by atoms with E-state index < -0.39 is 26.4 Å². The van der Waals surface area contributed by atoms with Crippen LogP contribution in [0.2, 0.25) is 0 Å². The molecule has 3 fully saturated rings. The lowest BCUT2D eigenvalue weighted by molar-refractivity contribution is -0.228. The summed E-state index contributed by atoms with van der Waals surface area (Å²) in [7, 11) is -3.92. The quantitative estimate of drug-likeness (QED) is 0.439. The summed E-state index contributed by atoms with van der Waals surface area (Å²) >= 11 is 0. The first kappa shape index (κ1) is 21.3. The average Bonchev–Trinajstić information content (AvgIpc) is 3.29. The monoisotopic (exact) mass is 478 g/mol. The third-order valence-corrected chi connectivity index (χ3v) is 8.89. The summed E-state index contributed by atoms with van der Waals surface area (Å²) in [5, 5.41) is 0.817. The van der Waals surface area contributed by atoms with Crippen LogP contribution in [0.4, 0.5) is 0 Å². The van der Waals surface area contributed by atoms with Crippen LogP contribution in [-0.2, 0) is 24.9 Å². The molecule has 0 aliphatic heterocycles. The highest BCUT2D eigenvalue weighted by atomic mass is 32.2. The third-order valence-electron chi connectivity index (χ3n) is 7.10.